The molecule has 0 radical (unpaired) electrons. The van der Waals surface area contributed by atoms with E-state index in [0.29, 0.717) is 12.8 Å². The van der Waals surface area contributed by atoms with Crippen LogP contribution in [0, 0.1) is 28.6 Å². The van der Waals surface area contributed by atoms with Crippen molar-refractivity contribution >= 4 is 11.6 Å². The summed E-state index contributed by atoms with van der Waals surface area (Å²) in [6.07, 6.45) is 7.68. The summed E-state index contributed by atoms with van der Waals surface area (Å²) in [4.78, 5) is 24.2. The van der Waals surface area contributed by atoms with Gasteiger partial charge in [-0.15, -0.1) is 0 Å². The van der Waals surface area contributed by atoms with Gasteiger partial charge in [0.2, 0.25) is 0 Å². The first-order valence-corrected chi connectivity index (χ1v) is 9.66. The van der Waals surface area contributed by atoms with Crippen molar-refractivity contribution in [1.82, 2.24) is 0 Å². The molecular weight excluding hydrogens is 332 g/mol. The monoisotopic (exact) mass is 360 g/mol. The Bertz CT molecular complexity index is 724. The first-order valence-electron chi connectivity index (χ1n) is 9.66. The number of ketones is 2. The summed E-state index contributed by atoms with van der Waals surface area (Å²) < 4.78 is 0. The molecule has 4 rings (SSSR count). The van der Waals surface area contributed by atoms with Gasteiger partial charge in [0, 0.05) is 16.7 Å². The van der Waals surface area contributed by atoms with Gasteiger partial charge in [-0.05, 0) is 56.1 Å². The quantitative estimate of drug-likeness (QED) is 0.695. The van der Waals surface area contributed by atoms with Crippen LogP contribution in [0.25, 0.3) is 0 Å². The van der Waals surface area contributed by atoms with Crippen molar-refractivity contribution in [2.75, 3.05) is 6.61 Å². The van der Waals surface area contributed by atoms with Crippen LogP contribution in [0.3, 0.4) is 0 Å². The third-order valence-corrected chi connectivity index (χ3v) is 8.25. The van der Waals surface area contributed by atoms with Gasteiger partial charge in [-0.25, -0.2) is 0 Å². The zero-order valence-corrected chi connectivity index (χ0v) is 15.4. The van der Waals surface area contributed by atoms with Crippen molar-refractivity contribution in [1.29, 1.82) is 0 Å². The van der Waals surface area contributed by atoms with Crippen LogP contribution in [-0.4, -0.2) is 45.2 Å². The van der Waals surface area contributed by atoms with Crippen LogP contribution in [0.4, 0.5) is 0 Å². The molecule has 3 saturated carbocycles. The molecule has 5 heteroatoms. The number of hydrogen-bond donors (Lipinski definition) is 3. The zero-order chi connectivity index (χ0) is 18.9. The van der Waals surface area contributed by atoms with Gasteiger partial charge >= 0.3 is 0 Å². The van der Waals surface area contributed by atoms with E-state index in [1.165, 1.54) is 0 Å². The molecule has 0 aliphatic heterocycles. The van der Waals surface area contributed by atoms with E-state index in [0.717, 1.165) is 24.8 Å². The molecule has 26 heavy (non-hydrogen) atoms. The molecule has 0 amide bonds. The Hall–Kier alpha value is -1.30. The Morgan fingerprint density at radius 3 is 2.73 bits per heavy atom. The molecule has 3 fully saturated rings. The van der Waals surface area contributed by atoms with Gasteiger partial charge < -0.3 is 15.3 Å². The normalized spacial score (nSPS) is 49.9. The third kappa shape index (κ3) is 2.08. The van der Waals surface area contributed by atoms with Gasteiger partial charge in [0.15, 0.2) is 11.6 Å². The molecule has 0 saturated heterocycles. The number of carbonyl (C=O) groups is 2. The van der Waals surface area contributed by atoms with E-state index < -0.39 is 29.5 Å². The SMILES string of the molecule is C[C@]12C=CC(=O)C=C1CC[C@@H]1C2C(O)C[C@@]2(C)[C@H]1CC[C@]2(O)C(=O)CO. The van der Waals surface area contributed by atoms with Crippen molar-refractivity contribution in [3.63, 3.8) is 0 Å². The predicted molar refractivity (Wildman–Crippen MR) is 95.0 cm³/mol. The van der Waals surface area contributed by atoms with Gasteiger partial charge in [-0.3, -0.25) is 9.59 Å². The number of fused-ring (bicyclic) bond motifs is 5. The molecule has 0 aromatic carbocycles. The number of carbonyl (C=O) groups excluding carboxylic acids is 2. The summed E-state index contributed by atoms with van der Waals surface area (Å²) >= 11 is 0. The maximum absolute atomic E-state index is 12.4. The summed E-state index contributed by atoms with van der Waals surface area (Å²) in [6, 6.07) is 0. The number of allylic oxidation sites excluding steroid dienone is 4. The average molecular weight is 360 g/mol. The fourth-order valence-electron chi connectivity index (χ4n) is 6.92. The van der Waals surface area contributed by atoms with E-state index in [9.17, 15) is 24.9 Å². The fourth-order valence-corrected chi connectivity index (χ4v) is 6.92. The Morgan fingerprint density at radius 2 is 2.04 bits per heavy atom. The highest BCUT2D eigenvalue weighted by molar-refractivity contribution is 6.01. The molecule has 2 unspecified atom stereocenters. The second-order valence-corrected chi connectivity index (χ2v) is 9.19. The second-order valence-electron chi connectivity index (χ2n) is 9.19. The molecule has 0 aromatic rings. The molecule has 4 aliphatic rings. The van der Waals surface area contributed by atoms with E-state index in [1.54, 1.807) is 12.2 Å². The van der Waals surface area contributed by atoms with Gasteiger partial charge in [-0.2, -0.15) is 0 Å². The van der Waals surface area contributed by atoms with Crippen molar-refractivity contribution < 1.29 is 24.9 Å². The smallest absolute Gasteiger partial charge is 0.190 e. The van der Waals surface area contributed by atoms with Crippen LogP contribution in [0.1, 0.15) is 46.0 Å². The molecule has 0 spiro atoms. The van der Waals surface area contributed by atoms with Crippen LogP contribution in [0.2, 0.25) is 0 Å². The Balaban J connectivity index is 1.75. The molecule has 4 aliphatic carbocycles. The first-order chi connectivity index (χ1) is 12.2. The highest BCUT2D eigenvalue weighted by atomic mass is 16.3. The van der Waals surface area contributed by atoms with E-state index in [4.69, 9.17) is 0 Å². The average Bonchev–Trinajstić information content (AvgIpc) is 2.86. The first kappa shape index (κ1) is 18.1. The summed E-state index contributed by atoms with van der Waals surface area (Å²) in [5.41, 5.74) is -1.54. The van der Waals surface area contributed by atoms with Crippen LogP contribution in [-0.2, 0) is 9.59 Å². The molecule has 0 bridgehead atoms. The summed E-state index contributed by atoms with van der Waals surface area (Å²) in [6.45, 7) is 3.34. The van der Waals surface area contributed by atoms with Gasteiger partial charge in [0.1, 0.15) is 12.2 Å². The standard InChI is InChI=1S/C21H28O5/c1-19-7-5-13(23)9-12(19)3-4-14-15-6-8-21(26,17(25)11-22)20(15,2)10-16(24)18(14)19/h5,7,9,14-16,18,22,24,26H,3-4,6,8,10-11H2,1-2H3/t14-,15-,16?,18?,19-,20-,21-/m0/s1. The summed E-state index contributed by atoms with van der Waals surface area (Å²) in [5.74, 6) is -0.227. The van der Waals surface area contributed by atoms with Gasteiger partial charge in [0.05, 0.1) is 6.10 Å². The zero-order valence-electron chi connectivity index (χ0n) is 15.4. The van der Waals surface area contributed by atoms with E-state index in [-0.39, 0.29) is 29.0 Å². The minimum absolute atomic E-state index is 0.00912. The largest absolute Gasteiger partial charge is 0.393 e. The molecule has 142 valence electrons. The fraction of sp³-hybridized carbons (Fsp3) is 0.714. The molecule has 0 heterocycles. The second kappa shape index (κ2) is 5.60. The molecule has 5 nitrogen and oxygen atoms in total. The lowest BCUT2D eigenvalue weighted by Gasteiger charge is -2.59. The van der Waals surface area contributed by atoms with E-state index in [2.05, 4.69) is 6.92 Å². The Kier molecular flexibility index (Phi) is 3.89. The molecular formula is C21H28O5. The molecule has 7 atom stereocenters. The summed E-state index contributed by atoms with van der Waals surface area (Å²) in [7, 11) is 0. The maximum atomic E-state index is 12.4. The Morgan fingerprint density at radius 1 is 1.31 bits per heavy atom. The number of aliphatic hydroxyl groups is 3. The van der Waals surface area contributed by atoms with Crippen LogP contribution < -0.4 is 0 Å². The summed E-state index contributed by atoms with van der Waals surface area (Å²) in [5, 5.41) is 31.7. The van der Waals surface area contributed by atoms with Crippen molar-refractivity contribution in [3.8, 4) is 0 Å². The van der Waals surface area contributed by atoms with Crippen molar-refractivity contribution in [3.05, 3.63) is 23.8 Å². The van der Waals surface area contributed by atoms with Crippen LogP contribution in [0.15, 0.2) is 23.8 Å². The number of aliphatic hydroxyl groups excluding tert-OH is 2. The van der Waals surface area contributed by atoms with Crippen LogP contribution >= 0.6 is 0 Å². The van der Waals surface area contributed by atoms with E-state index in [1.807, 2.05) is 13.0 Å². The highest BCUT2D eigenvalue weighted by Crippen LogP contribution is 2.67. The van der Waals surface area contributed by atoms with Crippen molar-refractivity contribution in [2.24, 2.45) is 28.6 Å². The maximum Gasteiger partial charge on any atom is 0.190 e. The third-order valence-electron chi connectivity index (χ3n) is 8.25. The number of hydrogen-bond acceptors (Lipinski definition) is 5. The molecule has 3 N–H and O–H groups in total. The topological polar surface area (TPSA) is 94.8 Å². The highest BCUT2D eigenvalue weighted by Gasteiger charge is 2.67. The predicted octanol–water partition coefficient (Wildman–Crippen LogP) is 1.56. The van der Waals surface area contributed by atoms with Gasteiger partial charge in [0.25, 0.3) is 0 Å². The lowest BCUT2D eigenvalue weighted by atomic mass is 9.46. The van der Waals surface area contributed by atoms with E-state index >= 15 is 0 Å². The minimum atomic E-state index is -1.56. The van der Waals surface area contributed by atoms with Gasteiger partial charge in [-0.1, -0.05) is 25.5 Å². The molecule has 0 aromatic heterocycles. The minimum Gasteiger partial charge on any atom is -0.393 e. The lowest BCUT2D eigenvalue weighted by Crippen LogP contribution is -2.61. The number of Topliss-reactive ketones (excluding diaryl/α,β-unsaturated/α-hetero) is 1. The van der Waals surface area contributed by atoms with Crippen LogP contribution in [0.5, 0.6) is 0 Å². The van der Waals surface area contributed by atoms with Crippen molar-refractivity contribution in [2.45, 2.75) is 57.7 Å². The Labute approximate surface area is 153 Å². The number of rotatable bonds is 2. The lowest BCUT2D eigenvalue weighted by molar-refractivity contribution is -0.178.